The van der Waals surface area contributed by atoms with E-state index in [1.54, 1.807) is 17.0 Å². The van der Waals surface area contributed by atoms with Gasteiger partial charge in [0.05, 0.1) is 19.6 Å². The molecule has 22 heavy (non-hydrogen) atoms. The predicted octanol–water partition coefficient (Wildman–Crippen LogP) is 2.50. The molecule has 0 aliphatic carbocycles. The zero-order valence-corrected chi connectivity index (χ0v) is 13.2. The highest BCUT2D eigenvalue weighted by Gasteiger charge is 2.28. The van der Waals surface area contributed by atoms with Crippen LogP contribution in [0.15, 0.2) is 24.3 Å². The van der Waals surface area contributed by atoms with Crippen LogP contribution in [0.2, 0.25) is 0 Å². The molecule has 0 atom stereocenters. The number of nitrogens with zero attached hydrogens (tertiary/aromatic N) is 1. The summed E-state index contributed by atoms with van der Waals surface area (Å²) in [5.74, 6) is 0.525. The van der Waals surface area contributed by atoms with E-state index >= 15 is 0 Å². The number of carbonyl (C=O) groups excluding carboxylic acids is 2. The molecule has 1 aliphatic heterocycles. The highest BCUT2D eigenvalue weighted by atomic mass is 16.5. The third-order valence-corrected chi connectivity index (χ3v) is 3.89. The van der Waals surface area contributed by atoms with Crippen molar-refractivity contribution in [3.8, 4) is 5.75 Å². The summed E-state index contributed by atoms with van der Waals surface area (Å²) in [6, 6.07) is 7.23. The smallest absolute Gasteiger partial charge is 0.308 e. The van der Waals surface area contributed by atoms with Gasteiger partial charge in [-0.25, -0.2) is 0 Å². The Morgan fingerprint density at radius 2 is 1.82 bits per heavy atom. The van der Waals surface area contributed by atoms with Gasteiger partial charge in [0, 0.05) is 18.7 Å². The van der Waals surface area contributed by atoms with Crippen LogP contribution in [0.3, 0.4) is 0 Å². The monoisotopic (exact) mass is 305 g/mol. The van der Waals surface area contributed by atoms with E-state index in [4.69, 9.17) is 9.47 Å². The van der Waals surface area contributed by atoms with E-state index in [1.165, 1.54) is 7.11 Å². The first-order chi connectivity index (χ1) is 10.7. The lowest BCUT2D eigenvalue weighted by Gasteiger charge is -2.30. The van der Waals surface area contributed by atoms with E-state index < -0.39 is 0 Å². The zero-order valence-electron chi connectivity index (χ0n) is 13.2. The van der Waals surface area contributed by atoms with Gasteiger partial charge in [0.1, 0.15) is 5.75 Å². The number of piperidine rings is 1. The predicted molar refractivity (Wildman–Crippen MR) is 82.9 cm³/mol. The SMILES string of the molecule is CCCOc1ccc(C(=O)N2CCC(C(=O)OC)CC2)cc1. The molecule has 1 aliphatic rings. The minimum absolute atomic E-state index is 0.00496. The quantitative estimate of drug-likeness (QED) is 0.784. The first-order valence-electron chi connectivity index (χ1n) is 7.75. The zero-order chi connectivity index (χ0) is 15.9. The van der Waals surface area contributed by atoms with Crippen LogP contribution in [-0.4, -0.2) is 43.6 Å². The Kier molecular flexibility index (Phi) is 5.81. The Labute approximate surface area is 131 Å². The number of benzene rings is 1. The van der Waals surface area contributed by atoms with Gasteiger partial charge in [0.25, 0.3) is 5.91 Å². The molecule has 0 unspecified atom stereocenters. The molecular weight excluding hydrogens is 282 g/mol. The summed E-state index contributed by atoms with van der Waals surface area (Å²) >= 11 is 0. The fourth-order valence-corrected chi connectivity index (χ4v) is 2.58. The molecular formula is C17H23NO4. The molecule has 1 fully saturated rings. The van der Waals surface area contributed by atoms with Crippen molar-refractivity contribution in [2.45, 2.75) is 26.2 Å². The Morgan fingerprint density at radius 3 is 2.36 bits per heavy atom. The molecule has 0 spiro atoms. The molecule has 0 N–H and O–H groups in total. The lowest BCUT2D eigenvalue weighted by Crippen LogP contribution is -2.40. The summed E-state index contributed by atoms with van der Waals surface area (Å²) in [7, 11) is 1.40. The number of esters is 1. The van der Waals surface area contributed by atoms with Crippen molar-refractivity contribution in [3.05, 3.63) is 29.8 Å². The van der Waals surface area contributed by atoms with Gasteiger partial charge in [-0.05, 0) is 43.5 Å². The highest BCUT2D eigenvalue weighted by Crippen LogP contribution is 2.21. The van der Waals surface area contributed by atoms with Crippen molar-refractivity contribution in [2.24, 2.45) is 5.92 Å². The van der Waals surface area contributed by atoms with Crippen LogP contribution in [-0.2, 0) is 9.53 Å². The minimum atomic E-state index is -0.176. The Bertz CT molecular complexity index is 504. The second-order valence-corrected chi connectivity index (χ2v) is 5.46. The van der Waals surface area contributed by atoms with Crippen LogP contribution in [0.5, 0.6) is 5.75 Å². The van der Waals surface area contributed by atoms with E-state index in [0.717, 1.165) is 12.2 Å². The van der Waals surface area contributed by atoms with E-state index in [9.17, 15) is 9.59 Å². The third-order valence-electron chi connectivity index (χ3n) is 3.89. The molecule has 5 nitrogen and oxygen atoms in total. The molecule has 0 aromatic heterocycles. The maximum atomic E-state index is 12.4. The molecule has 1 aromatic carbocycles. The summed E-state index contributed by atoms with van der Waals surface area (Å²) < 4.78 is 10.3. The van der Waals surface area contributed by atoms with Crippen molar-refractivity contribution in [1.29, 1.82) is 0 Å². The number of carbonyl (C=O) groups is 2. The molecule has 120 valence electrons. The summed E-state index contributed by atoms with van der Waals surface area (Å²) in [6.45, 7) is 3.91. The second-order valence-electron chi connectivity index (χ2n) is 5.46. The molecule has 1 aromatic rings. The Hall–Kier alpha value is -2.04. The van der Waals surface area contributed by atoms with E-state index in [0.29, 0.717) is 38.1 Å². The maximum Gasteiger partial charge on any atom is 0.308 e. The molecule has 0 saturated carbocycles. The van der Waals surface area contributed by atoms with Crippen molar-refractivity contribution < 1.29 is 19.1 Å². The van der Waals surface area contributed by atoms with Crippen LogP contribution in [0.1, 0.15) is 36.5 Å². The number of ether oxygens (including phenoxy) is 2. The molecule has 1 heterocycles. The average molecular weight is 305 g/mol. The Balaban J connectivity index is 1.91. The maximum absolute atomic E-state index is 12.4. The van der Waals surface area contributed by atoms with E-state index in [-0.39, 0.29) is 17.8 Å². The van der Waals surface area contributed by atoms with Gasteiger partial charge in [-0.3, -0.25) is 9.59 Å². The third kappa shape index (κ3) is 4.00. The first-order valence-corrected chi connectivity index (χ1v) is 7.75. The van der Waals surface area contributed by atoms with Crippen molar-refractivity contribution in [3.63, 3.8) is 0 Å². The highest BCUT2D eigenvalue weighted by molar-refractivity contribution is 5.94. The fourth-order valence-electron chi connectivity index (χ4n) is 2.58. The lowest BCUT2D eigenvalue weighted by molar-refractivity contribution is -0.146. The van der Waals surface area contributed by atoms with Gasteiger partial charge in [0.15, 0.2) is 0 Å². The van der Waals surface area contributed by atoms with Gasteiger partial charge in [-0.2, -0.15) is 0 Å². The Morgan fingerprint density at radius 1 is 1.18 bits per heavy atom. The molecule has 1 amide bonds. The summed E-state index contributed by atoms with van der Waals surface area (Å²) in [5, 5.41) is 0. The number of hydrogen-bond acceptors (Lipinski definition) is 4. The molecule has 0 bridgehead atoms. The number of hydrogen-bond donors (Lipinski definition) is 0. The molecule has 1 saturated heterocycles. The summed E-state index contributed by atoms with van der Waals surface area (Å²) in [5.41, 5.74) is 0.653. The standard InChI is InChI=1S/C17H23NO4/c1-3-12-22-15-6-4-13(5-7-15)16(19)18-10-8-14(9-11-18)17(20)21-2/h4-7,14H,3,8-12H2,1-2H3. The van der Waals surface area contributed by atoms with Gasteiger partial charge in [0.2, 0.25) is 0 Å². The summed E-state index contributed by atoms with van der Waals surface area (Å²) in [6.07, 6.45) is 2.28. The van der Waals surface area contributed by atoms with Crippen LogP contribution >= 0.6 is 0 Å². The fraction of sp³-hybridized carbons (Fsp3) is 0.529. The summed E-state index contributed by atoms with van der Waals surface area (Å²) in [4.78, 5) is 25.7. The lowest BCUT2D eigenvalue weighted by atomic mass is 9.96. The first kappa shape index (κ1) is 16.3. The number of likely N-dealkylation sites (tertiary alicyclic amines) is 1. The van der Waals surface area contributed by atoms with Crippen LogP contribution < -0.4 is 4.74 Å². The molecule has 0 radical (unpaired) electrons. The largest absolute Gasteiger partial charge is 0.494 e. The molecule has 2 rings (SSSR count). The topological polar surface area (TPSA) is 55.8 Å². The van der Waals surface area contributed by atoms with Gasteiger partial charge in [-0.1, -0.05) is 6.92 Å². The number of rotatable bonds is 5. The van der Waals surface area contributed by atoms with E-state index in [2.05, 4.69) is 6.92 Å². The van der Waals surface area contributed by atoms with Gasteiger partial charge in [-0.15, -0.1) is 0 Å². The van der Waals surface area contributed by atoms with Gasteiger partial charge >= 0.3 is 5.97 Å². The second kappa shape index (κ2) is 7.82. The van der Waals surface area contributed by atoms with Gasteiger partial charge < -0.3 is 14.4 Å². The molecule has 5 heteroatoms. The average Bonchev–Trinajstić information content (AvgIpc) is 2.59. The normalized spacial score (nSPS) is 15.5. The van der Waals surface area contributed by atoms with Crippen molar-refractivity contribution in [2.75, 3.05) is 26.8 Å². The van der Waals surface area contributed by atoms with Crippen LogP contribution in [0.4, 0.5) is 0 Å². The van der Waals surface area contributed by atoms with Crippen LogP contribution in [0, 0.1) is 5.92 Å². The van der Waals surface area contributed by atoms with Crippen molar-refractivity contribution >= 4 is 11.9 Å². The number of amides is 1. The van der Waals surface area contributed by atoms with Crippen molar-refractivity contribution in [1.82, 2.24) is 4.90 Å². The minimum Gasteiger partial charge on any atom is -0.494 e. The van der Waals surface area contributed by atoms with Crippen LogP contribution in [0.25, 0.3) is 0 Å². The van der Waals surface area contributed by atoms with E-state index in [1.807, 2.05) is 12.1 Å². The number of methoxy groups -OCH3 is 1.